The average Bonchev–Trinajstić information content (AvgIpc) is 2.52. The molecule has 2 aromatic rings. The Labute approximate surface area is 129 Å². The lowest BCUT2D eigenvalue weighted by Gasteiger charge is -2.09. The van der Waals surface area contributed by atoms with Gasteiger partial charge in [-0.1, -0.05) is 11.6 Å². The Kier molecular flexibility index (Phi) is 4.69. The molecule has 0 aliphatic heterocycles. The highest BCUT2D eigenvalue weighted by molar-refractivity contribution is 6.30. The number of rotatable bonds is 5. The van der Waals surface area contributed by atoms with E-state index in [9.17, 15) is 14.9 Å². The molecule has 0 saturated carbocycles. The third-order valence-corrected chi connectivity index (χ3v) is 2.89. The molecular formula is C12H11ClN6O3. The molecule has 0 fully saturated rings. The van der Waals surface area contributed by atoms with Crippen molar-refractivity contribution in [2.24, 2.45) is 0 Å². The van der Waals surface area contributed by atoms with Gasteiger partial charge in [0.05, 0.1) is 4.92 Å². The minimum absolute atomic E-state index is 0.0308. The summed E-state index contributed by atoms with van der Waals surface area (Å²) in [5, 5.41) is 14.1. The van der Waals surface area contributed by atoms with E-state index in [1.54, 1.807) is 12.1 Å². The summed E-state index contributed by atoms with van der Waals surface area (Å²) in [5.74, 6) is -0.592. The van der Waals surface area contributed by atoms with Crippen molar-refractivity contribution in [3.05, 3.63) is 51.3 Å². The SMILES string of the molecule is CNc1ncnc(NNC(=O)c2ccc(Cl)cc2)c1[N+](=O)[O-]. The quantitative estimate of drug-likeness (QED) is 0.567. The molecule has 22 heavy (non-hydrogen) atoms. The molecule has 0 saturated heterocycles. The van der Waals surface area contributed by atoms with E-state index in [0.29, 0.717) is 10.6 Å². The zero-order chi connectivity index (χ0) is 16.1. The highest BCUT2D eigenvalue weighted by Gasteiger charge is 2.22. The van der Waals surface area contributed by atoms with Gasteiger partial charge in [0.2, 0.25) is 11.6 Å². The summed E-state index contributed by atoms with van der Waals surface area (Å²) >= 11 is 5.73. The van der Waals surface area contributed by atoms with Gasteiger partial charge < -0.3 is 5.32 Å². The van der Waals surface area contributed by atoms with E-state index in [4.69, 9.17) is 11.6 Å². The zero-order valence-electron chi connectivity index (χ0n) is 11.3. The Morgan fingerprint density at radius 1 is 1.23 bits per heavy atom. The van der Waals surface area contributed by atoms with Crippen molar-refractivity contribution >= 4 is 34.8 Å². The number of hydrogen-bond acceptors (Lipinski definition) is 7. The molecule has 0 aliphatic rings. The number of halogens is 1. The topological polar surface area (TPSA) is 122 Å². The molecule has 0 aliphatic carbocycles. The van der Waals surface area contributed by atoms with Crippen molar-refractivity contribution in [1.29, 1.82) is 0 Å². The van der Waals surface area contributed by atoms with Gasteiger partial charge in [-0.25, -0.2) is 9.97 Å². The molecule has 1 amide bonds. The molecule has 1 heterocycles. The second-order valence-corrected chi connectivity index (χ2v) is 4.45. The molecule has 10 heteroatoms. The number of aromatic nitrogens is 2. The Morgan fingerprint density at radius 3 is 2.45 bits per heavy atom. The Bertz CT molecular complexity index is 707. The van der Waals surface area contributed by atoms with Crippen molar-refractivity contribution in [2.45, 2.75) is 0 Å². The van der Waals surface area contributed by atoms with Gasteiger partial charge in [0.25, 0.3) is 5.91 Å². The molecule has 1 aromatic carbocycles. The molecule has 0 bridgehead atoms. The first-order valence-electron chi connectivity index (χ1n) is 6.02. The van der Waals surface area contributed by atoms with Gasteiger partial charge in [0, 0.05) is 17.6 Å². The van der Waals surface area contributed by atoms with Gasteiger partial charge in [-0.15, -0.1) is 0 Å². The largest absolute Gasteiger partial charge is 0.367 e. The van der Waals surface area contributed by atoms with Crippen LogP contribution in [0.2, 0.25) is 5.02 Å². The number of hydrogen-bond donors (Lipinski definition) is 3. The van der Waals surface area contributed by atoms with Gasteiger partial charge in [-0.05, 0) is 24.3 Å². The van der Waals surface area contributed by atoms with Crippen LogP contribution >= 0.6 is 11.6 Å². The number of carbonyl (C=O) groups excluding carboxylic acids is 1. The van der Waals surface area contributed by atoms with Crippen LogP contribution in [-0.4, -0.2) is 27.8 Å². The van der Waals surface area contributed by atoms with E-state index >= 15 is 0 Å². The van der Waals surface area contributed by atoms with Crippen molar-refractivity contribution in [2.75, 3.05) is 17.8 Å². The van der Waals surface area contributed by atoms with Gasteiger partial charge in [-0.3, -0.25) is 25.8 Å². The van der Waals surface area contributed by atoms with Crippen molar-refractivity contribution < 1.29 is 9.72 Å². The van der Waals surface area contributed by atoms with Gasteiger partial charge in [-0.2, -0.15) is 0 Å². The fourth-order valence-corrected chi connectivity index (χ4v) is 1.74. The lowest BCUT2D eigenvalue weighted by atomic mass is 10.2. The second-order valence-electron chi connectivity index (χ2n) is 4.01. The lowest BCUT2D eigenvalue weighted by Crippen LogP contribution is -2.30. The number of anilines is 2. The van der Waals surface area contributed by atoms with Crippen LogP contribution in [0.5, 0.6) is 0 Å². The molecule has 0 atom stereocenters. The average molecular weight is 323 g/mol. The number of amides is 1. The van der Waals surface area contributed by atoms with Crippen LogP contribution in [0.4, 0.5) is 17.3 Å². The molecule has 0 unspecified atom stereocenters. The first-order chi connectivity index (χ1) is 10.5. The third kappa shape index (κ3) is 3.38. The van der Waals surface area contributed by atoms with Crippen LogP contribution in [0.1, 0.15) is 10.4 Å². The fraction of sp³-hybridized carbons (Fsp3) is 0.0833. The highest BCUT2D eigenvalue weighted by Crippen LogP contribution is 2.27. The molecule has 114 valence electrons. The fourth-order valence-electron chi connectivity index (χ4n) is 1.62. The number of nitrogens with one attached hydrogen (secondary N) is 3. The number of carbonyl (C=O) groups is 1. The maximum Gasteiger partial charge on any atom is 0.354 e. The molecule has 3 N–H and O–H groups in total. The predicted molar refractivity (Wildman–Crippen MR) is 80.8 cm³/mol. The molecule has 0 spiro atoms. The number of hydrazine groups is 1. The summed E-state index contributed by atoms with van der Waals surface area (Å²) in [6.45, 7) is 0. The summed E-state index contributed by atoms with van der Waals surface area (Å²) in [6, 6.07) is 6.16. The first-order valence-corrected chi connectivity index (χ1v) is 6.39. The zero-order valence-corrected chi connectivity index (χ0v) is 12.1. The third-order valence-electron chi connectivity index (χ3n) is 2.64. The van der Waals surface area contributed by atoms with Crippen molar-refractivity contribution in [3.8, 4) is 0 Å². The molecular weight excluding hydrogens is 312 g/mol. The van der Waals surface area contributed by atoms with E-state index in [0.717, 1.165) is 6.33 Å². The minimum Gasteiger partial charge on any atom is -0.367 e. The van der Waals surface area contributed by atoms with Crippen LogP contribution in [0.25, 0.3) is 0 Å². The van der Waals surface area contributed by atoms with E-state index in [1.807, 2.05) is 0 Å². The van der Waals surface area contributed by atoms with E-state index in [2.05, 4.69) is 26.1 Å². The second kappa shape index (κ2) is 6.68. The van der Waals surface area contributed by atoms with Crippen molar-refractivity contribution in [3.63, 3.8) is 0 Å². The highest BCUT2D eigenvalue weighted by atomic mass is 35.5. The Hall–Kier alpha value is -2.94. The van der Waals surface area contributed by atoms with Crippen LogP contribution in [0.3, 0.4) is 0 Å². The number of nitro groups is 1. The van der Waals surface area contributed by atoms with Gasteiger partial charge in [0.15, 0.2) is 0 Å². The van der Waals surface area contributed by atoms with E-state index < -0.39 is 10.8 Å². The van der Waals surface area contributed by atoms with Crippen LogP contribution < -0.4 is 16.2 Å². The molecule has 9 nitrogen and oxygen atoms in total. The Balaban J connectivity index is 2.16. The predicted octanol–water partition coefficient (Wildman–Crippen LogP) is 1.84. The standard InChI is InChI=1S/C12H11ClN6O3/c1-14-10-9(19(21)22)11(16-6-15-10)17-18-12(20)7-2-4-8(13)5-3-7/h2-6H,1H3,(H,18,20)(H2,14,15,16,17). The van der Waals surface area contributed by atoms with E-state index in [1.165, 1.54) is 19.2 Å². The van der Waals surface area contributed by atoms with E-state index in [-0.39, 0.29) is 17.3 Å². The van der Waals surface area contributed by atoms with Crippen LogP contribution in [0.15, 0.2) is 30.6 Å². The number of nitrogens with zero attached hydrogens (tertiary/aromatic N) is 3. The normalized spacial score (nSPS) is 9.91. The van der Waals surface area contributed by atoms with Crippen LogP contribution in [-0.2, 0) is 0 Å². The number of benzene rings is 1. The van der Waals surface area contributed by atoms with Gasteiger partial charge >= 0.3 is 5.69 Å². The first kappa shape index (κ1) is 15.4. The molecule has 0 radical (unpaired) electrons. The summed E-state index contributed by atoms with van der Waals surface area (Å²) in [4.78, 5) is 29.8. The monoisotopic (exact) mass is 322 g/mol. The summed E-state index contributed by atoms with van der Waals surface area (Å²) in [7, 11) is 1.49. The summed E-state index contributed by atoms with van der Waals surface area (Å²) in [5.41, 5.74) is 4.71. The molecule has 2 rings (SSSR count). The van der Waals surface area contributed by atoms with Crippen molar-refractivity contribution in [1.82, 2.24) is 15.4 Å². The molecule has 1 aromatic heterocycles. The van der Waals surface area contributed by atoms with Crippen LogP contribution in [0, 0.1) is 10.1 Å². The lowest BCUT2D eigenvalue weighted by molar-refractivity contribution is -0.383. The minimum atomic E-state index is -0.650. The Morgan fingerprint density at radius 2 is 1.86 bits per heavy atom. The summed E-state index contributed by atoms with van der Waals surface area (Å²) in [6.07, 6.45) is 1.13. The summed E-state index contributed by atoms with van der Waals surface area (Å²) < 4.78 is 0. The maximum absolute atomic E-state index is 11.9. The maximum atomic E-state index is 11.9. The smallest absolute Gasteiger partial charge is 0.354 e. The van der Waals surface area contributed by atoms with Gasteiger partial charge in [0.1, 0.15) is 6.33 Å².